The van der Waals surface area contributed by atoms with Gasteiger partial charge in [-0.3, -0.25) is 4.79 Å². The highest BCUT2D eigenvalue weighted by molar-refractivity contribution is 7.89. The first kappa shape index (κ1) is 19.1. The van der Waals surface area contributed by atoms with Crippen LogP contribution >= 0.6 is 0 Å². The summed E-state index contributed by atoms with van der Waals surface area (Å²) in [6.45, 7) is 3.42. The summed E-state index contributed by atoms with van der Waals surface area (Å²) in [5.74, 6) is 0.265. The van der Waals surface area contributed by atoms with E-state index in [0.29, 0.717) is 5.76 Å². The number of anilines is 1. The largest absolute Gasteiger partial charge is 0.383 e. The van der Waals surface area contributed by atoms with Crippen molar-refractivity contribution >= 4 is 21.7 Å². The number of hydrogen-bond donors (Lipinski definition) is 1. The van der Waals surface area contributed by atoms with Crippen LogP contribution in [0.4, 0.5) is 5.82 Å². The smallest absolute Gasteiger partial charge is 0.243 e. The quantitative estimate of drug-likeness (QED) is 0.760. The SMILES string of the molecule is COCCN(CC(=O)Nc1cc(C)on1)S(=O)(=O)c1ccc(C)cc1. The van der Waals surface area contributed by atoms with Crippen molar-refractivity contribution in [2.45, 2.75) is 18.7 Å². The van der Waals surface area contributed by atoms with Gasteiger partial charge in [-0.1, -0.05) is 22.9 Å². The minimum absolute atomic E-state index is 0.0535. The van der Waals surface area contributed by atoms with Gasteiger partial charge in [-0.25, -0.2) is 8.42 Å². The number of carbonyl (C=O) groups is 1. The Kier molecular flexibility index (Phi) is 6.29. The third-order valence-corrected chi connectivity index (χ3v) is 5.28. The Bertz CT molecular complexity index is 815. The van der Waals surface area contributed by atoms with Gasteiger partial charge >= 0.3 is 0 Å². The van der Waals surface area contributed by atoms with Crippen LogP contribution in [0.2, 0.25) is 0 Å². The third-order valence-electron chi connectivity index (χ3n) is 3.42. The molecule has 0 aliphatic carbocycles. The number of carbonyl (C=O) groups excluding carboxylic acids is 1. The molecular weight excluding hydrogens is 346 g/mol. The van der Waals surface area contributed by atoms with E-state index >= 15 is 0 Å². The molecule has 0 aliphatic heterocycles. The minimum Gasteiger partial charge on any atom is -0.383 e. The van der Waals surface area contributed by atoms with Crippen LogP contribution in [0.15, 0.2) is 39.8 Å². The number of ether oxygens (including phenoxy) is 1. The van der Waals surface area contributed by atoms with Crippen molar-refractivity contribution in [3.8, 4) is 0 Å². The predicted molar refractivity (Wildman–Crippen MR) is 91.7 cm³/mol. The van der Waals surface area contributed by atoms with Gasteiger partial charge < -0.3 is 14.6 Å². The van der Waals surface area contributed by atoms with Crippen LogP contribution in [0, 0.1) is 13.8 Å². The highest BCUT2D eigenvalue weighted by Gasteiger charge is 2.26. The molecule has 8 nitrogen and oxygen atoms in total. The third kappa shape index (κ3) is 5.12. The second-order valence-corrected chi connectivity index (χ2v) is 7.45. The Labute approximate surface area is 146 Å². The van der Waals surface area contributed by atoms with Gasteiger partial charge in [0.15, 0.2) is 5.82 Å². The molecule has 25 heavy (non-hydrogen) atoms. The molecule has 0 fully saturated rings. The van der Waals surface area contributed by atoms with E-state index < -0.39 is 15.9 Å². The lowest BCUT2D eigenvalue weighted by atomic mass is 10.2. The average molecular weight is 367 g/mol. The van der Waals surface area contributed by atoms with Crippen molar-refractivity contribution in [2.75, 3.05) is 32.1 Å². The molecule has 0 radical (unpaired) electrons. The van der Waals surface area contributed by atoms with E-state index in [4.69, 9.17) is 9.26 Å². The van der Waals surface area contributed by atoms with Crippen molar-refractivity contribution < 1.29 is 22.5 Å². The van der Waals surface area contributed by atoms with E-state index in [1.54, 1.807) is 25.1 Å². The molecule has 2 aromatic rings. The maximum absolute atomic E-state index is 12.8. The van der Waals surface area contributed by atoms with Crippen LogP contribution in [0.3, 0.4) is 0 Å². The molecule has 9 heteroatoms. The second kappa shape index (κ2) is 8.24. The second-order valence-electron chi connectivity index (χ2n) is 5.52. The van der Waals surface area contributed by atoms with Gasteiger partial charge in [0.2, 0.25) is 15.9 Å². The zero-order valence-electron chi connectivity index (χ0n) is 14.4. The molecule has 0 bridgehead atoms. The van der Waals surface area contributed by atoms with Crippen molar-refractivity contribution in [1.29, 1.82) is 0 Å². The Balaban J connectivity index is 2.16. The van der Waals surface area contributed by atoms with Gasteiger partial charge in [0.1, 0.15) is 5.76 Å². The summed E-state index contributed by atoms with van der Waals surface area (Å²) in [4.78, 5) is 12.3. The van der Waals surface area contributed by atoms with Crippen molar-refractivity contribution in [2.24, 2.45) is 0 Å². The first-order valence-corrected chi connectivity index (χ1v) is 9.06. The van der Waals surface area contributed by atoms with Gasteiger partial charge in [0, 0.05) is 19.7 Å². The number of nitrogens with zero attached hydrogens (tertiary/aromatic N) is 2. The highest BCUT2D eigenvalue weighted by Crippen LogP contribution is 2.16. The molecule has 2 rings (SSSR count). The summed E-state index contributed by atoms with van der Waals surface area (Å²) in [5.41, 5.74) is 0.946. The van der Waals surface area contributed by atoms with Crippen LogP contribution in [-0.2, 0) is 19.6 Å². The van der Waals surface area contributed by atoms with Gasteiger partial charge in [0.05, 0.1) is 18.0 Å². The topological polar surface area (TPSA) is 102 Å². The zero-order chi connectivity index (χ0) is 18.4. The molecule has 0 unspecified atom stereocenters. The molecular formula is C16H21N3O5S. The Morgan fingerprint density at radius 3 is 2.52 bits per heavy atom. The minimum atomic E-state index is -3.82. The number of benzene rings is 1. The molecule has 1 amide bonds. The van der Waals surface area contributed by atoms with Crippen LogP contribution in [-0.4, -0.2) is 50.6 Å². The molecule has 0 atom stereocenters. The first-order chi connectivity index (χ1) is 11.8. The predicted octanol–water partition coefficient (Wildman–Crippen LogP) is 1.57. The number of aromatic nitrogens is 1. The number of nitrogens with one attached hydrogen (secondary N) is 1. The molecule has 136 valence electrons. The summed E-state index contributed by atoms with van der Waals surface area (Å²) in [7, 11) is -2.36. The number of sulfonamides is 1. The van der Waals surface area contributed by atoms with Crippen LogP contribution < -0.4 is 5.32 Å². The van der Waals surface area contributed by atoms with Crippen molar-refractivity contribution in [3.05, 3.63) is 41.7 Å². The standard InChI is InChI=1S/C16H21N3O5S/c1-12-4-6-14(7-5-12)25(21,22)19(8-9-23-3)11-16(20)17-15-10-13(2)24-18-15/h4-7,10H,8-9,11H2,1-3H3,(H,17,18,20). The maximum atomic E-state index is 12.8. The monoisotopic (exact) mass is 367 g/mol. The van der Waals surface area contributed by atoms with Crippen LogP contribution in [0.5, 0.6) is 0 Å². The average Bonchev–Trinajstić information content (AvgIpc) is 2.96. The first-order valence-electron chi connectivity index (χ1n) is 7.62. The molecule has 1 aromatic heterocycles. The molecule has 0 aliphatic rings. The number of methoxy groups -OCH3 is 1. The lowest BCUT2D eigenvalue weighted by Crippen LogP contribution is -2.40. The van der Waals surface area contributed by atoms with Crippen LogP contribution in [0.1, 0.15) is 11.3 Å². The van der Waals surface area contributed by atoms with E-state index in [0.717, 1.165) is 9.87 Å². The molecule has 1 N–H and O–H groups in total. The normalized spacial score (nSPS) is 11.7. The zero-order valence-corrected chi connectivity index (χ0v) is 15.2. The van der Waals surface area contributed by atoms with Gasteiger partial charge in [-0.15, -0.1) is 0 Å². The Morgan fingerprint density at radius 1 is 1.28 bits per heavy atom. The summed E-state index contributed by atoms with van der Waals surface area (Å²) in [6, 6.07) is 8.00. The Morgan fingerprint density at radius 2 is 1.96 bits per heavy atom. The fourth-order valence-corrected chi connectivity index (χ4v) is 3.48. The highest BCUT2D eigenvalue weighted by atomic mass is 32.2. The Hall–Kier alpha value is -2.23. The summed E-state index contributed by atoms with van der Waals surface area (Å²) in [5, 5.41) is 6.17. The van der Waals surface area contributed by atoms with E-state index in [1.807, 2.05) is 6.92 Å². The number of hydrogen-bond acceptors (Lipinski definition) is 6. The van der Waals surface area contributed by atoms with Crippen molar-refractivity contribution in [3.63, 3.8) is 0 Å². The molecule has 0 saturated carbocycles. The van der Waals surface area contributed by atoms with E-state index in [-0.39, 0.29) is 30.4 Å². The van der Waals surface area contributed by atoms with Gasteiger partial charge in [-0.05, 0) is 26.0 Å². The molecule has 0 saturated heterocycles. The van der Waals surface area contributed by atoms with Gasteiger partial charge in [-0.2, -0.15) is 4.31 Å². The fraction of sp³-hybridized carbons (Fsp3) is 0.375. The fourth-order valence-electron chi connectivity index (χ4n) is 2.10. The lowest BCUT2D eigenvalue weighted by molar-refractivity contribution is -0.116. The summed E-state index contributed by atoms with van der Waals surface area (Å²) < 4.78 is 36.5. The van der Waals surface area contributed by atoms with E-state index in [2.05, 4.69) is 10.5 Å². The molecule has 0 spiro atoms. The maximum Gasteiger partial charge on any atom is 0.243 e. The lowest BCUT2D eigenvalue weighted by Gasteiger charge is -2.21. The van der Waals surface area contributed by atoms with Crippen LogP contribution in [0.25, 0.3) is 0 Å². The molecule has 1 aromatic carbocycles. The van der Waals surface area contributed by atoms with E-state index in [1.165, 1.54) is 19.2 Å². The number of aryl methyl sites for hydroxylation is 2. The summed E-state index contributed by atoms with van der Waals surface area (Å²) in [6.07, 6.45) is 0. The number of amides is 1. The van der Waals surface area contributed by atoms with Gasteiger partial charge in [0.25, 0.3) is 0 Å². The van der Waals surface area contributed by atoms with Crippen molar-refractivity contribution in [1.82, 2.24) is 9.46 Å². The molecule has 1 heterocycles. The van der Waals surface area contributed by atoms with E-state index in [9.17, 15) is 13.2 Å². The summed E-state index contributed by atoms with van der Waals surface area (Å²) >= 11 is 0. The number of rotatable bonds is 8.